The van der Waals surface area contributed by atoms with E-state index in [1.54, 1.807) is 5.64 Å². The van der Waals surface area contributed by atoms with Gasteiger partial charge >= 0.3 is 0 Å². The number of hydrogen-bond donors (Lipinski definition) is 2. The average Bonchev–Trinajstić information content (AvgIpc) is 1.30. The molecule has 44 valence electrons. The topological polar surface area (TPSA) is 41.5 Å². The third-order valence-electron chi connectivity index (χ3n) is 0.352. The smallest absolute Gasteiger partial charge is 0.214 e. The van der Waals surface area contributed by atoms with Crippen LogP contribution in [0.1, 0.15) is 0 Å². The first-order valence-corrected chi connectivity index (χ1v) is 5.54. The highest BCUT2D eigenvalue weighted by Gasteiger charge is 2.13. The lowest BCUT2D eigenvalue weighted by molar-refractivity contribution is -0.0506. The molecule has 0 aliphatic rings. The number of hydrogen-bond acceptors (Lipinski definition) is 3. The van der Waals surface area contributed by atoms with Crippen molar-refractivity contribution < 1.29 is 9.73 Å². The molecule has 0 atom stereocenters. The Hall–Kier alpha value is 0.0969. The second-order valence-corrected chi connectivity index (χ2v) is 6.73. The van der Waals surface area contributed by atoms with Crippen LogP contribution in [-0.4, -0.2) is 13.5 Å². The van der Waals surface area contributed by atoms with Gasteiger partial charge in [0.05, 0.1) is 0 Å². The first kappa shape index (κ1) is 7.10. The summed E-state index contributed by atoms with van der Waals surface area (Å²) in [7, 11) is -1.52. The summed E-state index contributed by atoms with van der Waals surface area (Å²) < 4.78 is 4.67. The molecule has 3 nitrogen and oxygen atoms in total. The summed E-state index contributed by atoms with van der Waals surface area (Å²) in [5.74, 6) is 0. The van der Waals surface area contributed by atoms with E-state index >= 15 is 0 Å². The van der Waals surface area contributed by atoms with E-state index in [0.717, 1.165) is 0 Å². The molecule has 0 amide bonds. The van der Waals surface area contributed by atoms with Crippen molar-refractivity contribution in [3.8, 4) is 0 Å². The van der Waals surface area contributed by atoms with Crippen molar-refractivity contribution in [2.75, 3.05) is 0 Å². The highest BCUT2D eigenvalue weighted by Crippen LogP contribution is 1.97. The second kappa shape index (κ2) is 2.42. The third kappa shape index (κ3) is 6.10. The van der Waals surface area contributed by atoms with Gasteiger partial charge < -0.3 is 4.53 Å². The maximum atomic E-state index is 7.96. The van der Waals surface area contributed by atoms with Crippen LogP contribution in [0.15, 0.2) is 0 Å². The third-order valence-corrected chi connectivity index (χ3v) is 1.06. The molecule has 0 fully saturated rings. The van der Waals surface area contributed by atoms with Gasteiger partial charge in [-0.2, -0.15) is 0 Å². The van der Waals surface area contributed by atoms with Crippen molar-refractivity contribution in [3.63, 3.8) is 0 Å². The summed E-state index contributed by atoms with van der Waals surface area (Å²) in [5.41, 5.74) is 1.67. The van der Waals surface area contributed by atoms with E-state index in [9.17, 15) is 0 Å². The van der Waals surface area contributed by atoms with Gasteiger partial charge in [-0.15, -0.1) is 0 Å². The maximum absolute atomic E-state index is 7.96. The van der Waals surface area contributed by atoms with Gasteiger partial charge in [0.1, 0.15) is 0 Å². The maximum Gasteiger partial charge on any atom is 0.214 e. The van der Waals surface area contributed by atoms with Crippen LogP contribution >= 0.6 is 0 Å². The zero-order chi connectivity index (χ0) is 5.91. The molecule has 0 heterocycles. The quantitative estimate of drug-likeness (QED) is 0.418. The van der Waals surface area contributed by atoms with Crippen LogP contribution in [0.4, 0.5) is 0 Å². The van der Waals surface area contributed by atoms with Crippen molar-refractivity contribution in [1.82, 2.24) is 5.64 Å². The van der Waals surface area contributed by atoms with Gasteiger partial charge in [-0.3, -0.25) is 5.21 Å². The van der Waals surface area contributed by atoms with Gasteiger partial charge in [-0.1, -0.05) is 5.64 Å². The van der Waals surface area contributed by atoms with Crippen LogP contribution in [0.25, 0.3) is 0 Å². The molecule has 0 aliphatic heterocycles. The Labute approximate surface area is 44.3 Å². The minimum Gasteiger partial charge on any atom is -0.324 e. The van der Waals surface area contributed by atoms with Crippen LogP contribution < -0.4 is 5.64 Å². The monoisotopic (exact) mass is 121 g/mol. The van der Waals surface area contributed by atoms with Crippen LogP contribution in [0, 0.1) is 0 Å². The minimum absolute atomic E-state index is 1.52. The van der Waals surface area contributed by atoms with Gasteiger partial charge in [0.25, 0.3) is 0 Å². The molecule has 0 aliphatic carbocycles. The Morgan fingerprint density at radius 2 is 1.86 bits per heavy atom. The fraction of sp³-hybridized carbons (Fsp3) is 1.00. The first-order chi connectivity index (χ1) is 3.06. The van der Waals surface area contributed by atoms with Gasteiger partial charge in [0, 0.05) is 0 Å². The predicted octanol–water partition coefficient (Wildman–Crippen LogP) is 0.732. The fourth-order valence-corrected chi connectivity index (χ4v) is 0.411. The van der Waals surface area contributed by atoms with Gasteiger partial charge in [-0.25, -0.2) is 0 Å². The Morgan fingerprint density at radius 3 is 1.86 bits per heavy atom. The molecule has 0 bridgehead atoms. The zero-order valence-electron chi connectivity index (χ0n) is 4.86. The highest BCUT2D eigenvalue weighted by molar-refractivity contribution is 6.69. The predicted molar refractivity (Wildman–Crippen MR) is 29.4 cm³/mol. The Kier molecular flexibility index (Phi) is 2.45. The molecule has 0 radical (unpaired) electrons. The van der Waals surface area contributed by atoms with Gasteiger partial charge in [0.15, 0.2) is 0 Å². The molecule has 0 rings (SSSR count). The molecular formula is C3H11NO2Si. The van der Waals surface area contributed by atoms with Crippen molar-refractivity contribution in [2.45, 2.75) is 19.6 Å². The highest BCUT2D eigenvalue weighted by atomic mass is 28.4. The molecule has 7 heavy (non-hydrogen) atoms. The van der Waals surface area contributed by atoms with E-state index in [1.165, 1.54) is 0 Å². The lowest BCUT2D eigenvalue weighted by Gasteiger charge is -2.12. The molecule has 0 aromatic heterocycles. The van der Waals surface area contributed by atoms with E-state index in [0.29, 0.717) is 0 Å². The summed E-state index contributed by atoms with van der Waals surface area (Å²) in [5, 5.41) is 7.96. The van der Waals surface area contributed by atoms with Crippen molar-refractivity contribution in [3.05, 3.63) is 0 Å². The van der Waals surface area contributed by atoms with Crippen molar-refractivity contribution in [2.24, 2.45) is 0 Å². The van der Waals surface area contributed by atoms with Crippen LogP contribution in [0.5, 0.6) is 0 Å². The van der Waals surface area contributed by atoms with Crippen LogP contribution in [0.3, 0.4) is 0 Å². The summed E-state index contributed by atoms with van der Waals surface area (Å²) >= 11 is 0. The Bertz CT molecular complexity index is 51.4. The molecule has 0 saturated heterocycles. The number of nitrogens with one attached hydrogen (secondary N) is 1. The summed E-state index contributed by atoms with van der Waals surface area (Å²) in [6, 6.07) is 0. The van der Waals surface area contributed by atoms with Gasteiger partial charge in [-0.05, 0) is 19.6 Å². The van der Waals surface area contributed by atoms with Crippen LogP contribution in [-0.2, 0) is 4.53 Å². The van der Waals surface area contributed by atoms with Crippen LogP contribution in [0.2, 0.25) is 19.6 Å². The average molecular weight is 121 g/mol. The largest absolute Gasteiger partial charge is 0.324 e. The molecule has 0 unspecified atom stereocenters. The SMILES string of the molecule is C[Si](C)(C)ONO. The normalized spacial score (nSPS) is 12.0. The van der Waals surface area contributed by atoms with E-state index in [2.05, 4.69) is 4.53 Å². The van der Waals surface area contributed by atoms with Crippen molar-refractivity contribution >= 4 is 8.32 Å². The number of rotatable bonds is 2. The molecule has 2 N–H and O–H groups in total. The van der Waals surface area contributed by atoms with E-state index < -0.39 is 8.32 Å². The molecule has 0 aromatic rings. The lowest BCUT2D eigenvalue weighted by Crippen LogP contribution is -2.31. The molecule has 0 aromatic carbocycles. The summed E-state index contributed by atoms with van der Waals surface area (Å²) in [6.45, 7) is 5.91. The van der Waals surface area contributed by atoms with E-state index in [1.807, 2.05) is 19.6 Å². The Balaban J connectivity index is 3.15. The molecule has 0 spiro atoms. The fourth-order valence-electron chi connectivity index (χ4n) is 0.137. The molecule has 4 heteroatoms. The summed E-state index contributed by atoms with van der Waals surface area (Å²) in [6.07, 6.45) is 0. The van der Waals surface area contributed by atoms with E-state index in [-0.39, 0.29) is 0 Å². The van der Waals surface area contributed by atoms with Crippen molar-refractivity contribution in [1.29, 1.82) is 0 Å². The second-order valence-electron chi connectivity index (χ2n) is 2.31. The zero-order valence-corrected chi connectivity index (χ0v) is 5.86. The lowest BCUT2D eigenvalue weighted by atomic mass is 11.8. The van der Waals surface area contributed by atoms with Gasteiger partial charge in [0.2, 0.25) is 8.32 Å². The first-order valence-electron chi connectivity index (χ1n) is 2.13. The van der Waals surface area contributed by atoms with E-state index in [4.69, 9.17) is 5.21 Å². The Morgan fingerprint density at radius 1 is 1.43 bits per heavy atom. The molecule has 0 saturated carbocycles. The minimum atomic E-state index is -1.52. The standard InChI is InChI=1S/C3H11NO2Si/c1-7(2,3)6-4-5/h4-5H,1-3H3. The summed E-state index contributed by atoms with van der Waals surface area (Å²) in [4.78, 5) is 0. The molecular weight excluding hydrogens is 110 g/mol.